The lowest BCUT2D eigenvalue weighted by atomic mass is 9.95. The second-order valence-electron chi connectivity index (χ2n) is 5.85. The van der Waals surface area contributed by atoms with E-state index >= 15 is 0 Å². The lowest BCUT2D eigenvalue weighted by Crippen LogP contribution is -2.68. The van der Waals surface area contributed by atoms with Crippen LogP contribution in [0.25, 0.3) is 0 Å². The molecule has 0 saturated carbocycles. The van der Waals surface area contributed by atoms with E-state index in [1.807, 2.05) is 0 Å². The third-order valence-corrected chi connectivity index (χ3v) is 4.56. The number of hydrogen-bond donors (Lipinski definition) is 3. The van der Waals surface area contributed by atoms with Crippen molar-refractivity contribution in [3.05, 3.63) is 0 Å². The Labute approximate surface area is 122 Å². The van der Waals surface area contributed by atoms with Crippen LogP contribution in [0.4, 0.5) is 4.79 Å². The summed E-state index contributed by atoms with van der Waals surface area (Å²) < 4.78 is 5.38. The number of carboxylic acid groups (broad SMARTS) is 1. The second kappa shape index (κ2) is 5.78. The average Bonchev–Trinajstić information content (AvgIpc) is 2.74. The molecule has 0 aliphatic carbocycles. The van der Waals surface area contributed by atoms with Crippen LogP contribution in [0.15, 0.2) is 0 Å². The minimum atomic E-state index is -1.07. The summed E-state index contributed by atoms with van der Waals surface area (Å²) in [6.45, 7) is 1.53. The zero-order valence-electron chi connectivity index (χ0n) is 11.8. The number of carbonyl (C=O) groups is 2. The van der Waals surface area contributed by atoms with E-state index in [4.69, 9.17) is 9.57 Å². The summed E-state index contributed by atoms with van der Waals surface area (Å²) in [6.07, 6.45) is 2.43. The molecule has 2 bridgehead atoms. The Morgan fingerprint density at radius 1 is 1.38 bits per heavy atom. The minimum absolute atomic E-state index is 0.145. The molecule has 3 aliphatic rings. The van der Waals surface area contributed by atoms with Gasteiger partial charge in [0.25, 0.3) is 5.91 Å². The topological polar surface area (TPSA) is 100 Å². The first kappa shape index (κ1) is 14.6. The van der Waals surface area contributed by atoms with Gasteiger partial charge in [-0.3, -0.25) is 9.69 Å². The maximum atomic E-state index is 12.5. The number of nitrogens with zero attached hydrogens (tertiary/aromatic N) is 1. The fourth-order valence-corrected chi connectivity index (χ4v) is 3.48. The molecule has 0 aromatic rings. The van der Waals surface area contributed by atoms with E-state index in [1.165, 1.54) is 4.90 Å². The van der Waals surface area contributed by atoms with E-state index < -0.39 is 23.8 Å². The number of nitrogens with one attached hydrogen (secondary N) is 2. The molecule has 0 aromatic carbocycles. The molecule has 118 valence electrons. The quantitative estimate of drug-likeness (QED) is 0.637. The summed E-state index contributed by atoms with van der Waals surface area (Å²) in [4.78, 5) is 30.6. The highest BCUT2D eigenvalue weighted by atomic mass is 16.8. The van der Waals surface area contributed by atoms with E-state index in [2.05, 4.69) is 10.8 Å². The van der Waals surface area contributed by atoms with Crippen LogP contribution in [0, 0.1) is 0 Å². The lowest BCUT2D eigenvalue weighted by molar-refractivity contribution is -0.204. The molecule has 3 rings (SSSR count). The Morgan fingerprint density at radius 2 is 2.24 bits per heavy atom. The van der Waals surface area contributed by atoms with Crippen molar-refractivity contribution in [3.8, 4) is 0 Å². The molecule has 2 amide bonds. The van der Waals surface area contributed by atoms with E-state index in [1.54, 1.807) is 0 Å². The van der Waals surface area contributed by atoms with Crippen molar-refractivity contribution >= 4 is 12.0 Å². The van der Waals surface area contributed by atoms with Crippen molar-refractivity contribution in [1.29, 1.82) is 0 Å². The Kier molecular flexibility index (Phi) is 4.01. The van der Waals surface area contributed by atoms with Gasteiger partial charge in [0.15, 0.2) is 6.29 Å². The average molecular weight is 299 g/mol. The van der Waals surface area contributed by atoms with Gasteiger partial charge >= 0.3 is 6.09 Å². The summed E-state index contributed by atoms with van der Waals surface area (Å²) in [6, 6.07) is -0.145. The molecule has 3 atom stereocenters. The van der Waals surface area contributed by atoms with Crippen molar-refractivity contribution < 1.29 is 24.3 Å². The van der Waals surface area contributed by atoms with Gasteiger partial charge < -0.3 is 15.2 Å². The number of fused-ring (bicyclic) bond motifs is 2. The SMILES string of the molecule is O=C(O)N1C2CCC1(C(=O)NOC1CCCCO1)CNC2. The molecule has 3 N–H and O–H groups in total. The normalized spacial score (nSPS) is 35.5. The van der Waals surface area contributed by atoms with E-state index in [0.717, 1.165) is 19.3 Å². The lowest BCUT2D eigenvalue weighted by Gasteiger charge is -2.41. The number of amides is 2. The molecule has 3 fully saturated rings. The number of carbonyl (C=O) groups excluding carboxylic acids is 1. The van der Waals surface area contributed by atoms with Crippen LogP contribution in [-0.2, 0) is 14.4 Å². The molecular weight excluding hydrogens is 278 g/mol. The van der Waals surface area contributed by atoms with Gasteiger partial charge in [0.2, 0.25) is 0 Å². The first-order chi connectivity index (χ1) is 10.1. The molecule has 8 nitrogen and oxygen atoms in total. The van der Waals surface area contributed by atoms with E-state index in [9.17, 15) is 14.7 Å². The van der Waals surface area contributed by atoms with Crippen LogP contribution >= 0.6 is 0 Å². The van der Waals surface area contributed by atoms with Crippen molar-refractivity contribution in [2.45, 2.75) is 50.0 Å². The Balaban J connectivity index is 1.65. The zero-order valence-corrected chi connectivity index (χ0v) is 11.8. The first-order valence-corrected chi connectivity index (χ1v) is 7.44. The molecule has 3 aliphatic heterocycles. The summed E-state index contributed by atoms with van der Waals surface area (Å²) in [5, 5.41) is 12.5. The molecule has 3 saturated heterocycles. The highest BCUT2D eigenvalue weighted by molar-refractivity contribution is 5.90. The molecule has 8 heteroatoms. The second-order valence-corrected chi connectivity index (χ2v) is 5.85. The molecule has 3 unspecified atom stereocenters. The molecule has 21 heavy (non-hydrogen) atoms. The summed E-state index contributed by atoms with van der Waals surface area (Å²) in [7, 11) is 0. The van der Waals surface area contributed by atoms with Gasteiger partial charge in [-0.25, -0.2) is 15.1 Å². The van der Waals surface area contributed by atoms with Crippen LogP contribution in [0.3, 0.4) is 0 Å². The molecule has 0 spiro atoms. The van der Waals surface area contributed by atoms with Crippen molar-refractivity contribution in [1.82, 2.24) is 15.7 Å². The standard InChI is InChI=1S/C13H21N3O5/c17-11(15-21-10-3-1-2-6-20-10)13-5-4-9(7-14-8-13)16(13)12(18)19/h9-10,14H,1-8H2,(H,15,17)(H,18,19). The Hall–Kier alpha value is -1.38. The number of hydroxylamine groups is 1. The zero-order chi connectivity index (χ0) is 14.9. The van der Waals surface area contributed by atoms with Crippen molar-refractivity contribution in [2.24, 2.45) is 0 Å². The van der Waals surface area contributed by atoms with Crippen molar-refractivity contribution in [3.63, 3.8) is 0 Å². The monoisotopic (exact) mass is 299 g/mol. The number of ether oxygens (including phenoxy) is 1. The number of hydrogen-bond acceptors (Lipinski definition) is 5. The van der Waals surface area contributed by atoms with Crippen LogP contribution in [0.2, 0.25) is 0 Å². The highest BCUT2D eigenvalue weighted by Gasteiger charge is 2.56. The van der Waals surface area contributed by atoms with Gasteiger partial charge in [0.05, 0.1) is 0 Å². The third kappa shape index (κ3) is 2.58. The third-order valence-electron chi connectivity index (χ3n) is 4.56. The molecule has 3 heterocycles. The fraction of sp³-hybridized carbons (Fsp3) is 0.846. The minimum Gasteiger partial charge on any atom is -0.465 e. The van der Waals surface area contributed by atoms with Gasteiger partial charge in [-0.05, 0) is 25.7 Å². The molecule has 0 aromatic heterocycles. The van der Waals surface area contributed by atoms with Gasteiger partial charge in [-0.15, -0.1) is 0 Å². The Bertz CT molecular complexity index is 422. The summed E-state index contributed by atoms with van der Waals surface area (Å²) in [5.41, 5.74) is 1.35. The predicted octanol–water partition coefficient (Wildman–Crippen LogP) is 0.0452. The predicted molar refractivity (Wildman–Crippen MR) is 71.3 cm³/mol. The number of piperazine rings is 1. The van der Waals surface area contributed by atoms with Crippen LogP contribution < -0.4 is 10.8 Å². The van der Waals surface area contributed by atoms with Gasteiger partial charge in [-0.2, -0.15) is 0 Å². The van der Waals surface area contributed by atoms with Crippen molar-refractivity contribution in [2.75, 3.05) is 19.7 Å². The van der Waals surface area contributed by atoms with E-state index in [-0.39, 0.29) is 6.04 Å². The molecular formula is C13H21N3O5. The maximum Gasteiger partial charge on any atom is 0.408 e. The Morgan fingerprint density at radius 3 is 2.95 bits per heavy atom. The molecule has 0 radical (unpaired) electrons. The largest absolute Gasteiger partial charge is 0.465 e. The summed E-state index contributed by atoms with van der Waals surface area (Å²) in [5.74, 6) is -0.409. The highest BCUT2D eigenvalue weighted by Crippen LogP contribution is 2.36. The van der Waals surface area contributed by atoms with Gasteiger partial charge in [0, 0.05) is 32.2 Å². The van der Waals surface area contributed by atoms with Crippen LogP contribution in [0.5, 0.6) is 0 Å². The smallest absolute Gasteiger partial charge is 0.408 e. The van der Waals surface area contributed by atoms with Gasteiger partial charge in [-0.1, -0.05) is 0 Å². The first-order valence-electron chi connectivity index (χ1n) is 7.44. The van der Waals surface area contributed by atoms with E-state index in [0.29, 0.717) is 32.5 Å². The number of rotatable bonds is 3. The summed E-state index contributed by atoms with van der Waals surface area (Å²) >= 11 is 0. The maximum absolute atomic E-state index is 12.5. The van der Waals surface area contributed by atoms with Crippen LogP contribution in [-0.4, -0.2) is 59.6 Å². The van der Waals surface area contributed by atoms with Crippen LogP contribution in [0.1, 0.15) is 32.1 Å². The van der Waals surface area contributed by atoms with Gasteiger partial charge in [0.1, 0.15) is 5.54 Å². The fourth-order valence-electron chi connectivity index (χ4n) is 3.48.